The van der Waals surface area contributed by atoms with E-state index in [1.54, 1.807) is 17.2 Å². The summed E-state index contributed by atoms with van der Waals surface area (Å²) in [6.45, 7) is 4.31. The molecule has 1 amide bonds. The van der Waals surface area contributed by atoms with E-state index in [0.717, 1.165) is 49.5 Å². The number of halogens is 2. The first kappa shape index (κ1) is 32.1. The van der Waals surface area contributed by atoms with Gasteiger partial charge in [-0.25, -0.2) is 4.39 Å². The highest BCUT2D eigenvalue weighted by atomic mass is 35.5. The minimum atomic E-state index is -1.14. The zero-order valence-corrected chi connectivity index (χ0v) is 28.5. The topological polar surface area (TPSA) is 98.2 Å². The van der Waals surface area contributed by atoms with E-state index in [1.807, 2.05) is 54.2 Å². The van der Waals surface area contributed by atoms with E-state index in [1.165, 1.54) is 0 Å². The van der Waals surface area contributed by atoms with Gasteiger partial charge >= 0.3 is 6.01 Å². The van der Waals surface area contributed by atoms with Crippen LogP contribution < -0.4 is 9.64 Å². The number of amides is 1. The molecule has 8 rings (SSSR count). The molecular weight excluding hydrogens is 645 g/mol. The second kappa shape index (κ2) is 12.4. The molecule has 6 heterocycles. The fourth-order valence-corrected chi connectivity index (χ4v) is 8.57. The number of rotatable bonds is 6. The Morgan fingerprint density at radius 2 is 1.90 bits per heavy atom. The van der Waals surface area contributed by atoms with Crippen molar-refractivity contribution >= 4 is 45.0 Å². The Hall–Kier alpha value is -4.08. The Morgan fingerprint density at radius 1 is 1.14 bits per heavy atom. The number of nitrogens with zero attached hydrogens (tertiary/aromatic N) is 7. The number of anilines is 1. The van der Waals surface area contributed by atoms with Gasteiger partial charge in [0.1, 0.15) is 23.6 Å². The van der Waals surface area contributed by atoms with Crippen LogP contribution in [0.15, 0.2) is 42.6 Å². The van der Waals surface area contributed by atoms with Gasteiger partial charge in [0.15, 0.2) is 11.4 Å². The molecule has 49 heavy (non-hydrogen) atoms. The van der Waals surface area contributed by atoms with Crippen molar-refractivity contribution in [2.45, 2.75) is 49.3 Å². The van der Waals surface area contributed by atoms with E-state index in [0.29, 0.717) is 61.0 Å². The SMILES string of the molecule is CN1CC(O)(C#CC(=O)N2CCC(N(C)c3nc(OCC45CCCN4CCC5)nc4c(F)c(-c5cccc6cccc(Cl)c56)ncc34)C2)C1. The number of likely N-dealkylation sites (tertiary alicyclic amines) is 2. The lowest BCUT2D eigenvalue weighted by Crippen LogP contribution is -2.59. The summed E-state index contributed by atoms with van der Waals surface area (Å²) in [6.07, 6.45) is 6.66. The van der Waals surface area contributed by atoms with Crippen LogP contribution >= 0.6 is 11.6 Å². The van der Waals surface area contributed by atoms with Crippen molar-refractivity contribution in [3.8, 4) is 29.1 Å². The lowest BCUT2D eigenvalue weighted by atomic mass is 9.95. The number of ether oxygens (including phenoxy) is 1. The van der Waals surface area contributed by atoms with E-state index >= 15 is 4.39 Å². The molecule has 1 atom stereocenters. The van der Waals surface area contributed by atoms with Crippen LogP contribution in [0.3, 0.4) is 0 Å². The Bertz CT molecular complexity index is 2010. The number of pyridine rings is 1. The standard InChI is InChI=1S/C37H39ClFN7O3/c1-43-21-37(48,22-43)15-11-29(47)45-18-12-25(20-45)44(2)34-27-19-40-32(26-9-3-7-24-8-4-10-28(38)30(24)26)31(39)33(27)41-35(42-34)49-23-36-13-5-16-46(36)17-6-14-36/h3-4,7-10,19,25,48H,5-6,12-14,16-18,20-23H2,1-2H3. The summed E-state index contributed by atoms with van der Waals surface area (Å²) in [6, 6.07) is 11.2. The lowest BCUT2D eigenvalue weighted by molar-refractivity contribution is -0.124. The first-order chi connectivity index (χ1) is 23.6. The molecule has 12 heteroatoms. The number of carbonyl (C=O) groups excluding carboxylic acids is 1. The molecule has 2 aromatic carbocycles. The quantitative estimate of drug-likeness (QED) is 0.298. The highest BCUT2D eigenvalue weighted by molar-refractivity contribution is 6.36. The maximum atomic E-state index is 16.8. The average Bonchev–Trinajstić information content (AvgIpc) is 3.82. The number of β-amino-alcohol motifs (C(OH)–C–C–N with tert-alkyl or cyclic N) is 1. The second-order valence-electron chi connectivity index (χ2n) is 14.1. The van der Waals surface area contributed by atoms with Gasteiger partial charge in [-0.3, -0.25) is 19.6 Å². The minimum Gasteiger partial charge on any atom is -0.461 e. The van der Waals surface area contributed by atoms with Crippen LogP contribution in [0, 0.1) is 17.7 Å². The maximum absolute atomic E-state index is 16.8. The van der Waals surface area contributed by atoms with Gasteiger partial charge in [0.05, 0.1) is 10.9 Å². The zero-order chi connectivity index (χ0) is 33.9. The summed E-state index contributed by atoms with van der Waals surface area (Å²) in [7, 11) is 3.79. The molecule has 0 spiro atoms. The van der Waals surface area contributed by atoms with Crippen LogP contribution in [-0.2, 0) is 4.79 Å². The number of aliphatic hydroxyl groups is 1. The fraction of sp³-hybridized carbons (Fsp3) is 0.459. The fourth-order valence-electron chi connectivity index (χ4n) is 8.29. The zero-order valence-electron chi connectivity index (χ0n) is 27.8. The molecule has 4 aliphatic rings. The van der Waals surface area contributed by atoms with Crippen LogP contribution in [0.1, 0.15) is 32.1 Å². The van der Waals surface area contributed by atoms with E-state index in [9.17, 15) is 9.90 Å². The summed E-state index contributed by atoms with van der Waals surface area (Å²) in [4.78, 5) is 35.3. The molecule has 0 radical (unpaired) electrons. The van der Waals surface area contributed by atoms with Gasteiger partial charge in [-0.2, -0.15) is 9.97 Å². The van der Waals surface area contributed by atoms with E-state index in [4.69, 9.17) is 21.3 Å². The first-order valence-corrected chi connectivity index (χ1v) is 17.4. The lowest BCUT2D eigenvalue weighted by Gasteiger charge is -2.40. The van der Waals surface area contributed by atoms with Crippen LogP contribution in [0.4, 0.5) is 10.2 Å². The van der Waals surface area contributed by atoms with Crippen LogP contribution in [0.25, 0.3) is 32.9 Å². The summed E-state index contributed by atoms with van der Waals surface area (Å²) in [5, 5.41) is 13.0. The number of aromatic nitrogens is 3. The molecule has 0 saturated carbocycles. The van der Waals surface area contributed by atoms with Crippen molar-refractivity contribution in [2.24, 2.45) is 0 Å². The number of hydrogen-bond acceptors (Lipinski definition) is 9. The van der Waals surface area contributed by atoms with Crippen molar-refractivity contribution in [3.63, 3.8) is 0 Å². The average molecular weight is 684 g/mol. The number of fused-ring (bicyclic) bond motifs is 3. The molecule has 4 fully saturated rings. The molecule has 0 aliphatic carbocycles. The number of hydrogen-bond donors (Lipinski definition) is 1. The first-order valence-electron chi connectivity index (χ1n) is 17.0. The van der Waals surface area contributed by atoms with Gasteiger partial charge < -0.3 is 19.6 Å². The van der Waals surface area contributed by atoms with E-state index in [2.05, 4.69) is 26.7 Å². The second-order valence-corrected chi connectivity index (χ2v) is 14.5. The normalized spacial score (nSPS) is 21.4. The third kappa shape index (κ3) is 5.74. The molecule has 1 N–H and O–H groups in total. The van der Waals surface area contributed by atoms with Crippen molar-refractivity contribution in [1.82, 2.24) is 29.7 Å². The van der Waals surface area contributed by atoms with Gasteiger partial charge in [-0.1, -0.05) is 47.9 Å². The number of carbonyl (C=O) groups is 1. The molecule has 4 aliphatic heterocycles. The molecular formula is C37H39ClFN7O3. The Labute approximate surface area is 289 Å². The highest BCUT2D eigenvalue weighted by Crippen LogP contribution is 2.40. The largest absolute Gasteiger partial charge is 0.461 e. The molecule has 1 unspecified atom stereocenters. The smallest absolute Gasteiger partial charge is 0.319 e. The molecule has 254 valence electrons. The molecule has 0 bridgehead atoms. The number of likely N-dealkylation sites (N-methyl/N-ethyl adjacent to an activating group) is 2. The summed E-state index contributed by atoms with van der Waals surface area (Å²) >= 11 is 6.63. The summed E-state index contributed by atoms with van der Waals surface area (Å²) in [5.74, 6) is 5.00. The summed E-state index contributed by atoms with van der Waals surface area (Å²) in [5.41, 5.74) is -0.340. The van der Waals surface area contributed by atoms with Gasteiger partial charge in [0, 0.05) is 61.4 Å². The monoisotopic (exact) mass is 683 g/mol. The van der Waals surface area contributed by atoms with Crippen molar-refractivity contribution < 1.29 is 19.0 Å². The Balaban J connectivity index is 1.14. The molecule has 4 saturated heterocycles. The Kier molecular flexibility index (Phi) is 8.11. The van der Waals surface area contributed by atoms with Crippen LogP contribution in [-0.4, -0.2) is 118 Å². The van der Waals surface area contributed by atoms with Gasteiger partial charge in [0.2, 0.25) is 0 Å². The minimum absolute atomic E-state index is 0.0402. The molecule has 10 nitrogen and oxygen atoms in total. The Morgan fingerprint density at radius 3 is 2.65 bits per heavy atom. The number of benzene rings is 2. The van der Waals surface area contributed by atoms with E-state index < -0.39 is 11.4 Å². The third-order valence-corrected chi connectivity index (χ3v) is 11.1. The van der Waals surface area contributed by atoms with Gasteiger partial charge in [0.25, 0.3) is 5.91 Å². The predicted octanol–water partition coefficient (Wildman–Crippen LogP) is 4.36. The predicted molar refractivity (Wildman–Crippen MR) is 187 cm³/mol. The molecule has 4 aromatic rings. The van der Waals surface area contributed by atoms with Crippen LogP contribution in [0.5, 0.6) is 6.01 Å². The van der Waals surface area contributed by atoms with Gasteiger partial charge in [-0.15, -0.1) is 0 Å². The van der Waals surface area contributed by atoms with Gasteiger partial charge in [-0.05, 0) is 69.6 Å². The third-order valence-electron chi connectivity index (χ3n) is 10.8. The van der Waals surface area contributed by atoms with Crippen molar-refractivity contribution in [2.75, 3.05) is 64.9 Å². The van der Waals surface area contributed by atoms with E-state index in [-0.39, 0.29) is 34.7 Å². The van der Waals surface area contributed by atoms with Crippen molar-refractivity contribution in [3.05, 3.63) is 53.4 Å². The van der Waals surface area contributed by atoms with Crippen LogP contribution in [0.2, 0.25) is 5.02 Å². The highest BCUT2D eigenvalue weighted by Gasteiger charge is 2.45. The molecule has 2 aromatic heterocycles. The maximum Gasteiger partial charge on any atom is 0.319 e. The summed E-state index contributed by atoms with van der Waals surface area (Å²) < 4.78 is 23.2. The van der Waals surface area contributed by atoms with Crippen molar-refractivity contribution in [1.29, 1.82) is 0 Å².